The minimum Gasteiger partial charge on any atom is -0.462 e. The molecule has 3 aromatic rings. The first-order valence-electron chi connectivity index (χ1n) is 10.1. The summed E-state index contributed by atoms with van der Waals surface area (Å²) in [5.74, 6) is -1.29. The number of hydrogen-bond donors (Lipinski definition) is 2. The van der Waals surface area contributed by atoms with Crippen LogP contribution in [0, 0.1) is 13.8 Å². The van der Waals surface area contributed by atoms with E-state index in [1.54, 1.807) is 20.8 Å². The number of amides is 1. The molecule has 4 rings (SSSR count). The van der Waals surface area contributed by atoms with Gasteiger partial charge in [-0.15, -0.1) is 22.7 Å². The minimum atomic E-state index is -0.711. The molecular weight excluding hydrogens is 454 g/mol. The van der Waals surface area contributed by atoms with E-state index in [0.717, 1.165) is 41.0 Å². The highest BCUT2D eigenvalue weighted by Crippen LogP contribution is 2.39. The Morgan fingerprint density at radius 2 is 1.91 bits per heavy atom. The van der Waals surface area contributed by atoms with E-state index in [9.17, 15) is 19.2 Å². The molecule has 0 radical (unpaired) electrons. The molecule has 168 valence electrons. The van der Waals surface area contributed by atoms with Crippen molar-refractivity contribution < 1.29 is 23.9 Å². The highest BCUT2D eigenvalue weighted by atomic mass is 32.1. The van der Waals surface area contributed by atoms with Crippen LogP contribution >= 0.6 is 22.7 Å². The maximum absolute atomic E-state index is 12.6. The highest BCUT2D eigenvalue weighted by Gasteiger charge is 2.28. The molecule has 0 bridgehead atoms. The number of thiophene rings is 2. The Morgan fingerprint density at radius 3 is 2.66 bits per heavy atom. The zero-order chi connectivity index (χ0) is 23.0. The van der Waals surface area contributed by atoms with Crippen molar-refractivity contribution in [1.82, 2.24) is 9.97 Å². The molecule has 0 atom stereocenters. The molecule has 0 fully saturated rings. The summed E-state index contributed by atoms with van der Waals surface area (Å²) in [4.78, 5) is 58.2. The molecule has 1 aliphatic carbocycles. The molecule has 2 N–H and O–H groups in total. The molecule has 3 heterocycles. The average molecular weight is 476 g/mol. The van der Waals surface area contributed by atoms with Crippen LogP contribution in [0.5, 0.6) is 0 Å². The summed E-state index contributed by atoms with van der Waals surface area (Å²) in [5.41, 5.74) is 1.46. The molecule has 0 unspecified atom stereocenters. The highest BCUT2D eigenvalue weighted by molar-refractivity contribution is 7.20. The number of ether oxygens (including phenoxy) is 2. The van der Waals surface area contributed by atoms with Crippen molar-refractivity contribution in [2.24, 2.45) is 0 Å². The molecule has 3 aromatic heterocycles. The topological polar surface area (TPSA) is 127 Å². The fourth-order valence-electron chi connectivity index (χ4n) is 3.72. The molecular formula is C21H21N3O6S2. The van der Waals surface area contributed by atoms with Crippen LogP contribution in [0.4, 0.5) is 5.00 Å². The monoisotopic (exact) mass is 475 g/mol. The lowest BCUT2D eigenvalue weighted by molar-refractivity contribution is -0.119. The lowest BCUT2D eigenvalue weighted by Crippen LogP contribution is -2.22. The smallest absolute Gasteiger partial charge is 0.349 e. The number of H-pyrrole nitrogens is 1. The van der Waals surface area contributed by atoms with Gasteiger partial charge in [-0.1, -0.05) is 0 Å². The van der Waals surface area contributed by atoms with Crippen LogP contribution in [-0.2, 0) is 27.1 Å². The van der Waals surface area contributed by atoms with Gasteiger partial charge in [-0.3, -0.25) is 9.59 Å². The van der Waals surface area contributed by atoms with Crippen LogP contribution in [0.15, 0.2) is 4.79 Å². The lowest BCUT2D eigenvalue weighted by Gasteiger charge is -2.08. The van der Waals surface area contributed by atoms with E-state index in [4.69, 9.17) is 9.47 Å². The van der Waals surface area contributed by atoms with E-state index < -0.39 is 24.5 Å². The second kappa shape index (κ2) is 8.83. The molecule has 0 spiro atoms. The van der Waals surface area contributed by atoms with Gasteiger partial charge in [0, 0.05) is 4.88 Å². The van der Waals surface area contributed by atoms with Gasteiger partial charge in [0.25, 0.3) is 11.5 Å². The van der Waals surface area contributed by atoms with Gasteiger partial charge in [0.05, 0.1) is 17.6 Å². The van der Waals surface area contributed by atoms with E-state index in [1.165, 1.54) is 11.3 Å². The predicted octanol–water partition coefficient (Wildman–Crippen LogP) is 3.12. The van der Waals surface area contributed by atoms with Crippen molar-refractivity contribution in [2.75, 3.05) is 18.5 Å². The Hall–Kier alpha value is -3.05. The van der Waals surface area contributed by atoms with Gasteiger partial charge < -0.3 is 19.8 Å². The first-order chi connectivity index (χ1) is 15.3. The SMILES string of the molecule is CCOC(=O)c1c(NC(=O)COC(=O)c2sc3nc(C)[nH]c(=O)c3c2C)sc2c1CCC2. The number of rotatable bonds is 6. The average Bonchev–Trinajstić information content (AvgIpc) is 3.39. The molecule has 0 aromatic carbocycles. The largest absolute Gasteiger partial charge is 0.462 e. The van der Waals surface area contributed by atoms with E-state index >= 15 is 0 Å². The molecule has 9 nitrogen and oxygen atoms in total. The molecule has 0 saturated carbocycles. The fourth-order valence-corrected chi connectivity index (χ4v) is 6.13. The Kier molecular flexibility index (Phi) is 6.11. The van der Waals surface area contributed by atoms with Crippen LogP contribution in [0.2, 0.25) is 0 Å². The van der Waals surface area contributed by atoms with Crippen molar-refractivity contribution >= 4 is 55.7 Å². The van der Waals surface area contributed by atoms with Crippen molar-refractivity contribution in [3.8, 4) is 0 Å². The van der Waals surface area contributed by atoms with Crippen LogP contribution in [0.1, 0.15) is 55.2 Å². The second-order valence-electron chi connectivity index (χ2n) is 7.29. The quantitative estimate of drug-likeness (QED) is 0.524. The zero-order valence-electron chi connectivity index (χ0n) is 17.7. The van der Waals surface area contributed by atoms with Gasteiger partial charge in [0.1, 0.15) is 20.5 Å². The van der Waals surface area contributed by atoms with Gasteiger partial charge >= 0.3 is 11.9 Å². The summed E-state index contributed by atoms with van der Waals surface area (Å²) in [5, 5.41) is 3.43. The fraction of sp³-hybridized carbons (Fsp3) is 0.381. The maximum atomic E-state index is 12.6. The summed E-state index contributed by atoms with van der Waals surface area (Å²) in [6, 6.07) is 0. The molecule has 32 heavy (non-hydrogen) atoms. The first-order valence-corrected chi connectivity index (χ1v) is 11.7. The number of aromatic amines is 1. The summed E-state index contributed by atoms with van der Waals surface area (Å²) < 4.78 is 10.3. The van der Waals surface area contributed by atoms with Crippen LogP contribution < -0.4 is 10.9 Å². The third-order valence-electron chi connectivity index (χ3n) is 5.09. The number of nitrogens with zero attached hydrogens (tertiary/aromatic N) is 1. The van der Waals surface area contributed by atoms with Crippen molar-refractivity contribution in [3.05, 3.63) is 42.6 Å². The number of carbonyl (C=O) groups is 3. The van der Waals surface area contributed by atoms with Gasteiger partial charge in [-0.05, 0) is 51.2 Å². The number of aromatic nitrogens is 2. The van der Waals surface area contributed by atoms with Crippen molar-refractivity contribution in [3.63, 3.8) is 0 Å². The molecule has 0 aliphatic heterocycles. The summed E-state index contributed by atoms with van der Waals surface area (Å²) in [6.45, 7) is 4.73. The number of carbonyl (C=O) groups excluding carboxylic acids is 3. The van der Waals surface area contributed by atoms with Crippen molar-refractivity contribution in [1.29, 1.82) is 0 Å². The maximum Gasteiger partial charge on any atom is 0.349 e. The third kappa shape index (κ3) is 4.05. The van der Waals surface area contributed by atoms with Gasteiger partial charge in [0.15, 0.2) is 6.61 Å². The summed E-state index contributed by atoms with van der Waals surface area (Å²) >= 11 is 2.40. The summed E-state index contributed by atoms with van der Waals surface area (Å²) in [6.07, 6.45) is 2.59. The van der Waals surface area contributed by atoms with Gasteiger partial charge in [0.2, 0.25) is 0 Å². The lowest BCUT2D eigenvalue weighted by atomic mass is 10.1. The summed E-state index contributed by atoms with van der Waals surface area (Å²) in [7, 11) is 0. The van der Waals surface area contributed by atoms with E-state index in [1.807, 2.05) is 0 Å². The molecule has 0 saturated heterocycles. The number of aryl methyl sites for hydroxylation is 3. The van der Waals surface area contributed by atoms with Gasteiger partial charge in [-0.2, -0.15) is 0 Å². The Bertz CT molecular complexity index is 1300. The Labute approximate surface area is 190 Å². The standard InChI is InChI=1S/C21H21N3O6S2/c1-4-29-20(27)15-11-6-5-7-12(11)31-19(15)24-13(25)8-30-21(28)16-9(2)14-17(26)22-10(3)23-18(14)32-16/h4-8H2,1-3H3,(H,24,25)(H,22,23,26). The number of nitrogens with one attached hydrogen (secondary N) is 2. The van der Waals surface area contributed by atoms with E-state index in [2.05, 4.69) is 15.3 Å². The number of hydrogen-bond acceptors (Lipinski definition) is 9. The number of fused-ring (bicyclic) bond motifs is 2. The van der Waals surface area contributed by atoms with E-state index in [-0.39, 0.29) is 17.0 Å². The number of esters is 2. The van der Waals surface area contributed by atoms with Crippen LogP contribution in [0.25, 0.3) is 10.2 Å². The molecule has 1 aliphatic rings. The third-order valence-corrected chi connectivity index (χ3v) is 7.47. The molecule has 1 amide bonds. The Balaban J connectivity index is 1.47. The zero-order valence-corrected chi connectivity index (χ0v) is 19.4. The van der Waals surface area contributed by atoms with Crippen LogP contribution in [-0.4, -0.2) is 41.0 Å². The first kappa shape index (κ1) is 22.2. The van der Waals surface area contributed by atoms with Crippen LogP contribution in [0.3, 0.4) is 0 Å². The minimum absolute atomic E-state index is 0.221. The van der Waals surface area contributed by atoms with E-state index in [0.29, 0.717) is 32.2 Å². The predicted molar refractivity (Wildman–Crippen MR) is 121 cm³/mol. The van der Waals surface area contributed by atoms with Gasteiger partial charge in [-0.25, -0.2) is 14.6 Å². The number of anilines is 1. The normalized spacial score (nSPS) is 12.6. The van der Waals surface area contributed by atoms with Crippen molar-refractivity contribution in [2.45, 2.75) is 40.0 Å². The molecule has 11 heteroatoms. The Morgan fingerprint density at radius 1 is 1.12 bits per heavy atom. The second-order valence-corrected chi connectivity index (χ2v) is 9.40.